The predicted molar refractivity (Wildman–Crippen MR) is 83.0 cm³/mol. The summed E-state index contributed by atoms with van der Waals surface area (Å²) in [7, 11) is 0. The molecule has 1 heterocycles. The third-order valence-corrected chi connectivity index (χ3v) is 3.72. The molecule has 1 aromatic heterocycles. The Morgan fingerprint density at radius 2 is 1.63 bits per heavy atom. The van der Waals surface area contributed by atoms with Crippen molar-refractivity contribution in [2.45, 2.75) is 13.1 Å². The molecule has 2 nitrogen and oxygen atoms in total. The number of halogens is 1. The van der Waals surface area contributed by atoms with Crippen LogP contribution in [0.25, 0.3) is 10.9 Å². The minimum Gasteiger partial charge on any atom is -0.361 e. The molecule has 0 unspecified atom stereocenters. The van der Waals surface area contributed by atoms with Crippen LogP contribution in [0.3, 0.4) is 0 Å². The fourth-order valence-corrected chi connectivity index (χ4v) is 2.43. The van der Waals surface area contributed by atoms with Crippen molar-refractivity contribution in [3.05, 3.63) is 70.3 Å². The molecule has 96 valence electrons. The normalized spacial score (nSPS) is 11.0. The van der Waals surface area contributed by atoms with E-state index in [2.05, 4.69) is 74.8 Å². The number of hydrogen-bond donors (Lipinski definition) is 2. The van der Waals surface area contributed by atoms with Gasteiger partial charge in [-0.1, -0.05) is 34.1 Å². The molecule has 0 fully saturated rings. The lowest BCUT2D eigenvalue weighted by atomic mass is 10.1. The zero-order chi connectivity index (χ0) is 13.1. The number of fused-ring (bicyclic) bond motifs is 1. The summed E-state index contributed by atoms with van der Waals surface area (Å²) in [6.07, 6.45) is 1.98. The zero-order valence-corrected chi connectivity index (χ0v) is 12.1. The number of nitrogens with one attached hydrogen (secondary N) is 2. The van der Waals surface area contributed by atoms with Crippen molar-refractivity contribution in [3.8, 4) is 0 Å². The van der Waals surface area contributed by atoms with E-state index in [1.807, 2.05) is 6.20 Å². The topological polar surface area (TPSA) is 27.8 Å². The van der Waals surface area contributed by atoms with Crippen molar-refractivity contribution in [3.63, 3.8) is 0 Å². The number of hydrogen-bond acceptors (Lipinski definition) is 1. The molecular weight excluding hydrogens is 300 g/mol. The van der Waals surface area contributed by atoms with Gasteiger partial charge >= 0.3 is 0 Å². The molecule has 0 amide bonds. The van der Waals surface area contributed by atoms with Gasteiger partial charge in [0.05, 0.1) is 0 Å². The van der Waals surface area contributed by atoms with E-state index in [9.17, 15) is 0 Å². The average Bonchev–Trinajstić information content (AvgIpc) is 2.88. The van der Waals surface area contributed by atoms with Crippen LogP contribution in [0, 0.1) is 0 Å². The molecule has 0 saturated heterocycles. The molecule has 0 aliphatic heterocycles. The number of aromatic amines is 1. The molecule has 0 saturated carbocycles. The highest BCUT2D eigenvalue weighted by Crippen LogP contribution is 2.14. The minimum atomic E-state index is 0.886. The second-order valence-electron chi connectivity index (χ2n) is 4.63. The van der Waals surface area contributed by atoms with Crippen molar-refractivity contribution in [2.75, 3.05) is 0 Å². The van der Waals surface area contributed by atoms with Crippen molar-refractivity contribution in [1.82, 2.24) is 10.3 Å². The van der Waals surface area contributed by atoms with E-state index in [-0.39, 0.29) is 0 Å². The summed E-state index contributed by atoms with van der Waals surface area (Å²) < 4.78 is 1.12. The summed E-state index contributed by atoms with van der Waals surface area (Å²) in [6, 6.07) is 17.0. The molecule has 19 heavy (non-hydrogen) atoms. The van der Waals surface area contributed by atoms with E-state index < -0.39 is 0 Å². The number of benzene rings is 2. The standard InChI is InChI=1S/C16H15BrN2/c17-15-4-1-12(2-5-15)10-18-11-13-3-6-16-14(9-13)7-8-19-16/h1-9,18-19H,10-11H2. The van der Waals surface area contributed by atoms with Gasteiger partial charge in [0.15, 0.2) is 0 Å². The van der Waals surface area contributed by atoms with Gasteiger partial charge in [-0.2, -0.15) is 0 Å². The second kappa shape index (κ2) is 5.59. The first-order valence-corrected chi connectivity index (χ1v) is 7.12. The molecular formula is C16H15BrN2. The Hall–Kier alpha value is -1.58. The van der Waals surface area contributed by atoms with Crippen molar-refractivity contribution < 1.29 is 0 Å². The Balaban J connectivity index is 1.61. The van der Waals surface area contributed by atoms with Crippen LogP contribution in [0.4, 0.5) is 0 Å². The maximum atomic E-state index is 3.47. The van der Waals surface area contributed by atoms with Crippen molar-refractivity contribution >= 4 is 26.8 Å². The quantitative estimate of drug-likeness (QED) is 0.741. The van der Waals surface area contributed by atoms with Gasteiger partial charge in [0.1, 0.15) is 0 Å². The Morgan fingerprint density at radius 1 is 0.895 bits per heavy atom. The molecule has 0 aliphatic carbocycles. The predicted octanol–water partition coefficient (Wildman–Crippen LogP) is 4.22. The summed E-state index contributed by atoms with van der Waals surface area (Å²) in [5.74, 6) is 0. The second-order valence-corrected chi connectivity index (χ2v) is 5.54. The van der Waals surface area contributed by atoms with E-state index >= 15 is 0 Å². The van der Waals surface area contributed by atoms with Gasteiger partial charge in [-0.05, 0) is 46.8 Å². The van der Waals surface area contributed by atoms with Crippen LogP contribution in [-0.2, 0) is 13.1 Å². The monoisotopic (exact) mass is 314 g/mol. The smallest absolute Gasteiger partial charge is 0.0454 e. The van der Waals surface area contributed by atoms with Gasteiger partial charge in [0.25, 0.3) is 0 Å². The highest BCUT2D eigenvalue weighted by Gasteiger charge is 1.98. The Bertz CT molecular complexity index is 671. The third-order valence-electron chi connectivity index (χ3n) is 3.19. The highest BCUT2D eigenvalue weighted by atomic mass is 79.9. The van der Waals surface area contributed by atoms with Gasteiger partial charge in [-0.3, -0.25) is 0 Å². The van der Waals surface area contributed by atoms with Crippen LogP contribution in [0.2, 0.25) is 0 Å². The van der Waals surface area contributed by atoms with E-state index in [4.69, 9.17) is 0 Å². The average molecular weight is 315 g/mol. The number of H-pyrrole nitrogens is 1. The van der Waals surface area contributed by atoms with Gasteiger partial charge in [0, 0.05) is 29.3 Å². The van der Waals surface area contributed by atoms with Crippen LogP contribution < -0.4 is 5.32 Å². The van der Waals surface area contributed by atoms with E-state index in [0.717, 1.165) is 17.6 Å². The molecule has 3 rings (SSSR count). The Morgan fingerprint density at radius 3 is 2.47 bits per heavy atom. The summed E-state index contributed by atoms with van der Waals surface area (Å²) in [4.78, 5) is 3.21. The van der Waals surface area contributed by atoms with Crippen LogP contribution in [-0.4, -0.2) is 4.98 Å². The minimum absolute atomic E-state index is 0.886. The molecule has 2 aromatic carbocycles. The Kier molecular flexibility index (Phi) is 3.67. The summed E-state index contributed by atoms with van der Waals surface area (Å²) in [5, 5.41) is 4.74. The molecule has 0 radical (unpaired) electrons. The highest BCUT2D eigenvalue weighted by molar-refractivity contribution is 9.10. The summed E-state index contributed by atoms with van der Waals surface area (Å²) in [6.45, 7) is 1.77. The lowest BCUT2D eigenvalue weighted by Gasteiger charge is -2.05. The third kappa shape index (κ3) is 3.06. The number of rotatable bonds is 4. The van der Waals surface area contributed by atoms with Gasteiger partial charge in [0.2, 0.25) is 0 Å². The molecule has 0 bridgehead atoms. The van der Waals surface area contributed by atoms with Crippen molar-refractivity contribution in [1.29, 1.82) is 0 Å². The lowest BCUT2D eigenvalue weighted by molar-refractivity contribution is 0.694. The molecule has 0 spiro atoms. The van der Waals surface area contributed by atoms with Crippen LogP contribution in [0.1, 0.15) is 11.1 Å². The largest absolute Gasteiger partial charge is 0.361 e. The van der Waals surface area contributed by atoms with Gasteiger partial charge in [-0.15, -0.1) is 0 Å². The van der Waals surface area contributed by atoms with E-state index in [0.29, 0.717) is 0 Å². The molecule has 0 aliphatic rings. The zero-order valence-electron chi connectivity index (χ0n) is 10.5. The first-order valence-electron chi connectivity index (χ1n) is 6.32. The van der Waals surface area contributed by atoms with Crippen LogP contribution in [0.5, 0.6) is 0 Å². The maximum Gasteiger partial charge on any atom is 0.0454 e. The summed E-state index contributed by atoms with van der Waals surface area (Å²) >= 11 is 3.45. The molecule has 3 aromatic rings. The maximum absolute atomic E-state index is 3.47. The van der Waals surface area contributed by atoms with Crippen molar-refractivity contribution in [2.24, 2.45) is 0 Å². The van der Waals surface area contributed by atoms with E-state index in [1.54, 1.807) is 0 Å². The molecule has 0 atom stereocenters. The van der Waals surface area contributed by atoms with Gasteiger partial charge < -0.3 is 10.3 Å². The number of aromatic nitrogens is 1. The lowest BCUT2D eigenvalue weighted by Crippen LogP contribution is -2.12. The Labute approximate surface area is 121 Å². The first kappa shape index (κ1) is 12.5. The fourth-order valence-electron chi connectivity index (χ4n) is 2.17. The SMILES string of the molecule is Brc1ccc(CNCc2ccc3[nH]ccc3c2)cc1. The molecule has 2 N–H and O–H groups in total. The first-order chi connectivity index (χ1) is 9.31. The molecule has 3 heteroatoms. The fraction of sp³-hybridized carbons (Fsp3) is 0.125. The van der Waals surface area contributed by atoms with Crippen LogP contribution >= 0.6 is 15.9 Å². The van der Waals surface area contributed by atoms with Gasteiger partial charge in [-0.25, -0.2) is 0 Å². The van der Waals surface area contributed by atoms with Crippen LogP contribution in [0.15, 0.2) is 59.2 Å². The van der Waals surface area contributed by atoms with E-state index in [1.165, 1.54) is 22.0 Å². The summed E-state index contributed by atoms with van der Waals surface area (Å²) in [5.41, 5.74) is 3.80.